The highest BCUT2D eigenvalue weighted by Crippen LogP contribution is 2.38. The maximum Gasteiger partial charge on any atom is 0.233 e. The molecule has 0 radical (unpaired) electrons. The first-order chi connectivity index (χ1) is 16.2. The molecule has 3 aliphatic rings. The molecular formula is C28H34N2O3. The standard InChI is InChI=1S/C28H34N2O3/c31-27-24-13-7-8-14-25(24)28(32)30(27)20-19-29-17-15-23(16-18-29)33-26(21-9-3-1-4-10-21)22-11-5-2-6-12-22/h1-6,9-12,23-26H,7-8,13-20H2/t24-,25-/m1/s1. The summed E-state index contributed by atoms with van der Waals surface area (Å²) in [7, 11) is 0. The largest absolute Gasteiger partial charge is 0.365 e. The van der Waals surface area contributed by atoms with Crippen molar-refractivity contribution in [1.82, 2.24) is 9.80 Å². The summed E-state index contributed by atoms with van der Waals surface area (Å²) >= 11 is 0. The molecule has 174 valence electrons. The fraction of sp³-hybridized carbons (Fsp3) is 0.500. The van der Waals surface area contributed by atoms with Crippen LogP contribution in [0.15, 0.2) is 60.7 Å². The first kappa shape index (κ1) is 22.3. The summed E-state index contributed by atoms with van der Waals surface area (Å²) in [5.74, 6) is 0.0737. The fourth-order valence-corrected chi connectivity index (χ4v) is 5.76. The minimum absolute atomic E-state index is 0.0432. The molecule has 5 nitrogen and oxygen atoms in total. The third-order valence-electron chi connectivity index (χ3n) is 7.64. The van der Waals surface area contributed by atoms with Gasteiger partial charge in [0.25, 0.3) is 0 Å². The molecule has 2 heterocycles. The lowest BCUT2D eigenvalue weighted by Gasteiger charge is -2.34. The zero-order valence-electron chi connectivity index (χ0n) is 19.3. The quantitative estimate of drug-likeness (QED) is 0.591. The average molecular weight is 447 g/mol. The third kappa shape index (κ3) is 4.90. The molecule has 1 saturated carbocycles. The van der Waals surface area contributed by atoms with Gasteiger partial charge in [0.05, 0.1) is 17.9 Å². The summed E-state index contributed by atoms with van der Waals surface area (Å²) in [5, 5.41) is 0. The van der Waals surface area contributed by atoms with Gasteiger partial charge >= 0.3 is 0 Å². The van der Waals surface area contributed by atoms with Crippen molar-refractivity contribution in [3.05, 3.63) is 71.8 Å². The number of amides is 2. The molecule has 2 aromatic rings. The minimum atomic E-state index is -0.0628. The highest BCUT2D eigenvalue weighted by atomic mass is 16.5. The van der Waals surface area contributed by atoms with E-state index < -0.39 is 0 Å². The second-order valence-corrected chi connectivity index (χ2v) is 9.70. The van der Waals surface area contributed by atoms with Crippen molar-refractivity contribution in [3.8, 4) is 0 Å². The Balaban J connectivity index is 1.15. The van der Waals surface area contributed by atoms with Crippen LogP contribution >= 0.6 is 0 Å². The van der Waals surface area contributed by atoms with E-state index in [1.165, 1.54) is 11.1 Å². The molecule has 1 aliphatic carbocycles. The predicted molar refractivity (Wildman–Crippen MR) is 127 cm³/mol. The van der Waals surface area contributed by atoms with E-state index in [2.05, 4.69) is 53.4 Å². The third-order valence-corrected chi connectivity index (χ3v) is 7.64. The molecule has 2 aliphatic heterocycles. The maximum absolute atomic E-state index is 12.7. The Hall–Kier alpha value is -2.50. The Bertz CT molecular complexity index is 877. The number of ether oxygens (including phenoxy) is 1. The average Bonchev–Trinajstić information content (AvgIpc) is 3.12. The van der Waals surface area contributed by atoms with E-state index in [0.717, 1.165) is 58.2 Å². The number of piperidine rings is 1. The van der Waals surface area contributed by atoms with Gasteiger partial charge in [-0.3, -0.25) is 14.5 Å². The summed E-state index contributed by atoms with van der Waals surface area (Å²) < 4.78 is 6.64. The number of nitrogens with zero attached hydrogens (tertiary/aromatic N) is 2. The molecule has 5 rings (SSSR count). The number of carbonyl (C=O) groups is 2. The van der Waals surface area contributed by atoms with Gasteiger partial charge in [-0.2, -0.15) is 0 Å². The molecular weight excluding hydrogens is 412 g/mol. The zero-order chi connectivity index (χ0) is 22.6. The van der Waals surface area contributed by atoms with Gasteiger partial charge < -0.3 is 9.64 Å². The molecule has 2 aromatic carbocycles. The molecule has 0 aromatic heterocycles. The van der Waals surface area contributed by atoms with Gasteiger partial charge in [0.2, 0.25) is 11.8 Å². The van der Waals surface area contributed by atoms with E-state index in [1.54, 1.807) is 4.90 Å². The number of rotatable bonds is 7. The van der Waals surface area contributed by atoms with Gasteiger partial charge in [0.1, 0.15) is 6.10 Å². The van der Waals surface area contributed by atoms with Crippen LogP contribution < -0.4 is 0 Å². The Kier molecular flexibility index (Phi) is 6.88. The first-order valence-electron chi connectivity index (χ1n) is 12.5. The lowest BCUT2D eigenvalue weighted by Crippen LogP contribution is -2.43. The summed E-state index contributed by atoms with van der Waals surface area (Å²) in [6.45, 7) is 3.17. The number of benzene rings is 2. The number of hydrogen-bond acceptors (Lipinski definition) is 4. The molecule has 2 amide bonds. The van der Waals surface area contributed by atoms with Crippen molar-refractivity contribution in [1.29, 1.82) is 0 Å². The van der Waals surface area contributed by atoms with Crippen LogP contribution in [-0.4, -0.2) is 53.9 Å². The monoisotopic (exact) mass is 446 g/mol. The van der Waals surface area contributed by atoms with E-state index in [0.29, 0.717) is 6.54 Å². The van der Waals surface area contributed by atoms with Gasteiger partial charge in [-0.15, -0.1) is 0 Å². The predicted octanol–water partition coefficient (Wildman–Crippen LogP) is 4.43. The molecule has 2 saturated heterocycles. The van der Waals surface area contributed by atoms with Gasteiger partial charge in [0, 0.05) is 26.2 Å². The maximum atomic E-state index is 12.7. The second kappa shape index (κ2) is 10.2. The Morgan fingerprint density at radius 2 is 1.24 bits per heavy atom. The van der Waals surface area contributed by atoms with Crippen LogP contribution in [0.25, 0.3) is 0 Å². The van der Waals surface area contributed by atoms with Crippen LogP contribution in [0.4, 0.5) is 0 Å². The topological polar surface area (TPSA) is 49.9 Å². The van der Waals surface area contributed by atoms with E-state index >= 15 is 0 Å². The van der Waals surface area contributed by atoms with Crippen LogP contribution in [0.2, 0.25) is 0 Å². The lowest BCUT2D eigenvalue weighted by molar-refractivity contribution is -0.140. The van der Waals surface area contributed by atoms with Gasteiger partial charge in [-0.1, -0.05) is 73.5 Å². The Morgan fingerprint density at radius 3 is 1.76 bits per heavy atom. The van der Waals surface area contributed by atoms with Crippen LogP contribution in [0.1, 0.15) is 55.8 Å². The molecule has 0 unspecified atom stereocenters. The molecule has 3 fully saturated rings. The zero-order valence-corrected chi connectivity index (χ0v) is 19.3. The Labute approximate surface area is 196 Å². The van der Waals surface area contributed by atoms with E-state index in [9.17, 15) is 9.59 Å². The van der Waals surface area contributed by atoms with Crippen LogP contribution in [0.3, 0.4) is 0 Å². The molecule has 0 N–H and O–H groups in total. The molecule has 0 spiro atoms. The van der Waals surface area contributed by atoms with Crippen LogP contribution in [0, 0.1) is 11.8 Å². The number of imide groups is 1. The fourth-order valence-electron chi connectivity index (χ4n) is 5.76. The van der Waals surface area contributed by atoms with Crippen molar-refractivity contribution in [2.75, 3.05) is 26.2 Å². The SMILES string of the molecule is O=C1[C@@H]2CCCC[C@H]2C(=O)N1CCN1CCC(OC(c2ccccc2)c2ccccc2)CC1. The molecule has 5 heteroatoms. The number of carbonyl (C=O) groups excluding carboxylic acids is 2. The van der Waals surface area contributed by atoms with Gasteiger partial charge in [-0.05, 0) is 36.8 Å². The first-order valence-corrected chi connectivity index (χ1v) is 12.5. The van der Waals surface area contributed by atoms with E-state index in [-0.39, 0.29) is 35.9 Å². The summed E-state index contributed by atoms with van der Waals surface area (Å²) in [6.07, 6.45) is 5.99. The van der Waals surface area contributed by atoms with Crippen molar-refractivity contribution in [2.45, 2.75) is 50.7 Å². The van der Waals surface area contributed by atoms with Crippen molar-refractivity contribution >= 4 is 11.8 Å². The number of fused-ring (bicyclic) bond motifs is 1. The smallest absolute Gasteiger partial charge is 0.233 e. The van der Waals surface area contributed by atoms with Crippen molar-refractivity contribution < 1.29 is 14.3 Å². The van der Waals surface area contributed by atoms with Crippen molar-refractivity contribution in [2.24, 2.45) is 11.8 Å². The van der Waals surface area contributed by atoms with Crippen LogP contribution in [0.5, 0.6) is 0 Å². The molecule has 2 atom stereocenters. The van der Waals surface area contributed by atoms with Crippen LogP contribution in [-0.2, 0) is 14.3 Å². The number of likely N-dealkylation sites (tertiary alicyclic amines) is 2. The summed E-state index contributed by atoms with van der Waals surface area (Å²) in [6, 6.07) is 20.9. The van der Waals surface area contributed by atoms with Crippen molar-refractivity contribution in [3.63, 3.8) is 0 Å². The van der Waals surface area contributed by atoms with E-state index in [1.807, 2.05) is 12.1 Å². The van der Waals surface area contributed by atoms with Gasteiger partial charge in [0.15, 0.2) is 0 Å². The molecule has 0 bridgehead atoms. The number of hydrogen-bond donors (Lipinski definition) is 0. The lowest BCUT2D eigenvalue weighted by atomic mass is 9.81. The van der Waals surface area contributed by atoms with E-state index in [4.69, 9.17) is 4.74 Å². The molecule has 33 heavy (non-hydrogen) atoms. The Morgan fingerprint density at radius 1 is 0.727 bits per heavy atom. The summed E-state index contributed by atoms with van der Waals surface area (Å²) in [4.78, 5) is 29.4. The highest BCUT2D eigenvalue weighted by Gasteiger charge is 2.47. The highest BCUT2D eigenvalue weighted by molar-refractivity contribution is 6.05. The second-order valence-electron chi connectivity index (χ2n) is 9.70. The normalized spacial score (nSPS) is 24.5. The minimum Gasteiger partial charge on any atom is -0.365 e. The summed E-state index contributed by atoms with van der Waals surface area (Å²) in [5.41, 5.74) is 2.36. The van der Waals surface area contributed by atoms with Gasteiger partial charge in [-0.25, -0.2) is 0 Å².